The molecule has 2 aromatic rings. The van der Waals surface area contributed by atoms with Gasteiger partial charge in [-0.2, -0.15) is 0 Å². The van der Waals surface area contributed by atoms with Gasteiger partial charge in [-0.25, -0.2) is 0 Å². The molecule has 2 aromatic carbocycles. The van der Waals surface area contributed by atoms with Crippen molar-refractivity contribution in [1.29, 1.82) is 0 Å². The van der Waals surface area contributed by atoms with Crippen molar-refractivity contribution in [3.05, 3.63) is 60.2 Å². The average molecular weight is 422 g/mol. The van der Waals surface area contributed by atoms with Gasteiger partial charge in [0.25, 0.3) is 0 Å². The summed E-state index contributed by atoms with van der Waals surface area (Å²) in [6.45, 7) is 1.44. The highest BCUT2D eigenvalue weighted by molar-refractivity contribution is 6.05. The second kappa shape index (κ2) is 9.88. The van der Waals surface area contributed by atoms with Gasteiger partial charge in [-0.1, -0.05) is 42.5 Å². The molecule has 162 valence electrons. The molecule has 8 nitrogen and oxygen atoms in total. The Balaban J connectivity index is 1.58. The zero-order valence-electron chi connectivity index (χ0n) is 17.6. The molecule has 0 saturated carbocycles. The molecule has 2 N–H and O–H groups in total. The van der Waals surface area contributed by atoms with Gasteiger partial charge in [0.1, 0.15) is 0 Å². The summed E-state index contributed by atoms with van der Waals surface area (Å²) in [5, 5.41) is 5.40. The molecule has 1 heterocycles. The second-order valence-corrected chi connectivity index (χ2v) is 7.57. The predicted molar refractivity (Wildman–Crippen MR) is 117 cm³/mol. The summed E-state index contributed by atoms with van der Waals surface area (Å²) >= 11 is 0. The van der Waals surface area contributed by atoms with Crippen LogP contribution >= 0.6 is 0 Å². The maximum atomic E-state index is 13.0. The molecule has 1 aliphatic rings. The molecular formula is C23H26N4O4. The van der Waals surface area contributed by atoms with Gasteiger partial charge in [0.05, 0.1) is 30.9 Å². The molecule has 0 aromatic heterocycles. The Kier molecular flexibility index (Phi) is 7.02. The van der Waals surface area contributed by atoms with Crippen LogP contribution in [0, 0.1) is 0 Å². The highest BCUT2D eigenvalue weighted by Gasteiger charge is 2.30. The first kappa shape index (κ1) is 22.0. The van der Waals surface area contributed by atoms with E-state index in [1.54, 1.807) is 36.1 Å². The molecule has 0 aliphatic carbocycles. The summed E-state index contributed by atoms with van der Waals surface area (Å²) in [7, 11) is 1.52. The van der Waals surface area contributed by atoms with E-state index in [4.69, 9.17) is 0 Å². The van der Waals surface area contributed by atoms with Crippen LogP contribution in [-0.4, -0.2) is 54.7 Å². The predicted octanol–water partition coefficient (Wildman–Crippen LogP) is 1.57. The summed E-state index contributed by atoms with van der Waals surface area (Å²) in [5.41, 5.74) is 2.02. The molecule has 8 heteroatoms. The summed E-state index contributed by atoms with van der Waals surface area (Å²) in [5.74, 6) is -1.11. The largest absolute Gasteiger partial charge is 0.347 e. The fraction of sp³-hybridized carbons (Fsp3) is 0.304. The number of nitrogens with one attached hydrogen (secondary N) is 2. The number of fused-ring (bicyclic) bond motifs is 1. The van der Waals surface area contributed by atoms with E-state index in [1.165, 1.54) is 11.9 Å². The van der Waals surface area contributed by atoms with E-state index in [1.807, 2.05) is 30.3 Å². The highest BCUT2D eigenvalue weighted by atomic mass is 16.2. The van der Waals surface area contributed by atoms with Crippen LogP contribution in [-0.2, 0) is 25.6 Å². The molecule has 0 saturated heterocycles. The molecule has 0 bridgehead atoms. The quantitative estimate of drug-likeness (QED) is 0.738. The van der Waals surface area contributed by atoms with Crippen molar-refractivity contribution in [2.45, 2.75) is 25.8 Å². The zero-order chi connectivity index (χ0) is 22.4. The molecule has 31 heavy (non-hydrogen) atoms. The normalized spacial score (nSPS) is 15.4. The summed E-state index contributed by atoms with van der Waals surface area (Å²) in [4.78, 5) is 52.4. The lowest BCUT2D eigenvalue weighted by atomic mass is 10.1. The van der Waals surface area contributed by atoms with Gasteiger partial charge < -0.3 is 20.4 Å². The number of amides is 4. The number of carbonyl (C=O) groups excluding carboxylic acids is 4. The SMILES string of the molecule is CC1CC(=O)Nc2ccccc2N1C(=O)CN(C)C(=O)CNC(=O)Cc1ccccc1. The van der Waals surface area contributed by atoms with E-state index < -0.39 is 0 Å². The third-order valence-electron chi connectivity index (χ3n) is 5.07. The number of likely N-dealkylation sites (N-methyl/N-ethyl adjacent to an activating group) is 1. The van der Waals surface area contributed by atoms with Gasteiger partial charge >= 0.3 is 0 Å². The topological polar surface area (TPSA) is 98.8 Å². The van der Waals surface area contributed by atoms with E-state index in [2.05, 4.69) is 10.6 Å². The zero-order valence-corrected chi connectivity index (χ0v) is 17.6. The first-order valence-corrected chi connectivity index (χ1v) is 10.1. The molecule has 1 atom stereocenters. The lowest BCUT2D eigenvalue weighted by Gasteiger charge is -2.29. The second-order valence-electron chi connectivity index (χ2n) is 7.57. The summed E-state index contributed by atoms with van der Waals surface area (Å²) in [6, 6.07) is 16.0. The molecule has 1 unspecified atom stereocenters. The summed E-state index contributed by atoms with van der Waals surface area (Å²) in [6.07, 6.45) is 0.341. The number of carbonyl (C=O) groups is 4. The van der Waals surface area contributed by atoms with Crippen LogP contribution in [0.1, 0.15) is 18.9 Å². The van der Waals surface area contributed by atoms with E-state index >= 15 is 0 Å². The highest BCUT2D eigenvalue weighted by Crippen LogP contribution is 2.31. The lowest BCUT2D eigenvalue weighted by Crippen LogP contribution is -2.47. The van der Waals surface area contributed by atoms with Crippen LogP contribution < -0.4 is 15.5 Å². The molecule has 0 spiro atoms. The van der Waals surface area contributed by atoms with Crippen LogP contribution in [0.3, 0.4) is 0 Å². The first-order chi connectivity index (χ1) is 14.8. The van der Waals surface area contributed by atoms with E-state index in [0.717, 1.165) is 5.56 Å². The minimum atomic E-state index is -0.375. The third-order valence-corrected chi connectivity index (χ3v) is 5.07. The fourth-order valence-corrected chi connectivity index (χ4v) is 3.49. The number of hydrogen-bond donors (Lipinski definition) is 2. The monoisotopic (exact) mass is 422 g/mol. The van der Waals surface area contributed by atoms with Gasteiger partial charge in [-0.15, -0.1) is 0 Å². The third kappa shape index (κ3) is 5.69. The van der Waals surface area contributed by atoms with Crippen molar-refractivity contribution < 1.29 is 19.2 Å². The van der Waals surface area contributed by atoms with Crippen molar-refractivity contribution in [2.75, 3.05) is 30.4 Å². The van der Waals surface area contributed by atoms with Crippen LogP contribution in [0.25, 0.3) is 0 Å². The number of anilines is 2. The number of para-hydroxylation sites is 2. The van der Waals surface area contributed by atoms with Crippen molar-refractivity contribution in [2.24, 2.45) is 0 Å². The number of rotatable bonds is 6. The van der Waals surface area contributed by atoms with Gasteiger partial charge in [0, 0.05) is 19.5 Å². The number of benzene rings is 2. The van der Waals surface area contributed by atoms with Gasteiger partial charge in [-0.3, -0.25) is 19.2 Å². The van der Waals surface area contributed by atoms with Crippen molar-refractivity contribution in [1.82, 2.24) is 10.2 Å². The molecule has 3 rings (SSSR count). The van der Waals surface area contributed by atoms with E-state index in [-0.39, 0.29) is 55.6 Å². The standard InChI is InChI=1S/C23H26N4O4/c1-16-12-21(29)25-18-10-6-7-11-19(18)27(16)23(31)15-26(2)22(30)14-24-20(28)13-17-8-4-3-5-9-17/h3-11,16H,12-15H2,1-2H3,(H,24,28)(H,25,29). The number of nitrogens with zero attached hydrogens (tertiary/aromatic N) is 2. The Morgan fingerprint density at radius 3 is 2.52 bits per heavy atom. The Labute approximate surface area is 181 Å². The molecule has 0 radical (unpaired) electrons. The maximum absolute atomic E-state index is 13.0. The van der Waals surface area contributed by atoms with Crippen molar-refractivity contribution >= 4 is 35.0 Å². The van der Waals surface area contributed by atoms with Crippen LogP contribution in [0.15, 0.2) is 54.6 Å². The van der Waals surface area contributed by atoms with Gasteiger partial charge in [0.2, 0.25) is 23.6 Å². The van der Waals surface area contributed by atoms with Crippen molar-refractivity contribution in [3.8, 4) is 0 Å². The maximum Gasteiger partial charge on any atom is 0.246 e. The van der Waals surface area contributed by atoms with Crippen molar-refractivity contribution in [3.63, 3.8) is 0 Å². The Morgan fingerprint density at radius 2 is 1.77 bits per heavy atom. The fourth-order valence-electron chi connectivity index (χ4n) is 3.49. The first-order valence-electron chi connectivity index (χ1n) is 10.1. The Bertz CT molecular complexity index is 977. The van der Waals surface area contributed by atoms with E-state index in [0.29, 0.717) is 11.4 Å². The Hall–Kier alpha value is -3.68. The van der Waals surface area contributed by atoms with Crippen LogP contribution in [0.4, 0.5) is 11.4 Å². The van der Waals surface area contributed by atoms with Gasteiger partial charge in [-0.05, 0) is 24.6 Å². The molecule has 0 fully saturated rings. The minimum absolute atomic E-state index is 0.160. The Morgan fingerprint density at radius 1 is 1.10 bits per heavy atom. The molecular weight excluding hydrogens is 396 g/mol. The summed E-state index contributed by atoms with van der Waals surface area (Å²) < 4.78 is 0. The lowest BCUT2D eigenvalue weighted by molar-refractivity contribution is -0.134. The van der Waals surface area contributed by atoms with E-state index in [9.17, 15) is 19.2 Å². The molecule has 4 amide bonds. The minimum Gasteiger partial charge on any atom is -0.347 e. The van der Waals surface area contributed by atoms with Gasteiger partial charge in [0.15, 0.2) is 0 Å². The van der Waals surface area contributed by atoms with Crippen LogP contribution in [0.5, 0.6) is 0 Å². The molecule has 1 aliphatic heterocycles. The smallest absolute Gasteiger partial charge is 0.246 e. The average Bonchev–Trinajstić information content (AvgIpc) is 2.86. The number of hydrogen-bond acceptors (Lipinski definition) is 4. The van der Waals surface area contributed by atoms with Crippen LogP contribution in [0.2, 0.25) is 0 Å².